The minimum Gasteiger partial charge on any atom is -0.468 e. The number of piperazine rings is 1. The largest absolute Gasteiger partial charge is 0.468 e. The van der Waals surface area contributed by atoms with Gasteiger partial charge in [0, 0.05) is 51.0 Å². The molecule has 0 spiro atoms. The molecule has 130 valence electrons. The summed E-state index contributed by atoms with van der Waals surface area (Å²) >= 11 is 5.56. The summed E-state index contributed by atoms with van der Waals surface area (Å²) in [6.45, 7) is 10.5. The zero-order valence-corrected chi connectivity index (χ0v) is 15.2. The monoisotopic (exact) mass is 347 g/mol. The molecule has 2 aromatic heterocycles. The van der Waals surface area contributed by atoms with Gasteiger partial charge in [0.25, 0.3) is 0 Å². The lowest BCUT2D eigenvalue weighted by molar-refractivity contribution is 0.164. The van der Waals surface area contributed by atoms with Crippen molar-refractivity contribution in [3.63, 3.8) is 0 Å². The van der Waals surface area contributed by atoms with E-state index in [9.17, 15) is 0 Å². The molecule has 0 saturated carbocycles. The lowest BCUT2D eigenvalue weighted by atomic mass is 10.2. The van der Waals surface area contributed by atoms with E-state index in [1.54, 1.807) is 6.26 Å². The van der Waals surface area contributed by atoms with E-state index in [-0.39, 0.29) is 0 Å². The van der Waals surface area contributed by atoms with Gasteiger partial charge in [0.1, 0.15) is 5.76 Å². The third-order valence-corrected chi connectivity index (χ3v) is 4.82. The molecule has 3 rings (SSSR count). The Labute approximate surface area is 148 Å². The highest BCUT2D eigenvalue weighted by Gasteiger charge is 2.19. The Balaban J connectivity index is 1.44. The number of rotatable bonds is 5. The molecule has 1 saturated heterocycles. The van der Waals surface area contributed by atoms with Crippen LogP contribution in [0.3, 0.4) is 0 Å². The number of nitrogens with zero attached hydrogens (tertiary/aromatic N) is 4. The summed E-state index contributed by atoms with van der Waals surface area (Å²) < 4.78 is 7.38. The SMILES string of the molecule is CCn1cc(CNC(=S)N2CCN(Cc3ccco3)CC2)c(C)n1. The predicted octanol–water partition coefficient (Wildman–Crippen LogP) is 2.00. The van der Waals surface area contributed by atoms with Crippen LogP contribution in [0.25, 0.3) is 0 Å². The second kappa shape index (κ2) is 7.81. The molecule has 1 aliphatic heterocycles. The summed E-state index contributed by atoms with van der Waals surface area (Å²) in [6, 6.07) is 3.96. The molecule has 0 amide bonds. The predicted molar refractivity (Wildman–Crippen MR) is 97.6 cm³/mol. The molecule has 0 aromatic carbocycles. The quantitative estimate of drug-likeness (QED) is 0.835. The molecule has 7 heteroatoms. The molecule has 0 unspecified atom stereocenters. The first kappa shape index (κ1) is 17.0. The highest BCUT2D eigenvalue weighted by molar-refractivity contribution is 7.80. The van der Waals surface area contributed by atoms with Crippen LogP contribution in [0.5, 0.6) is 0 Å². The van der Waals surface area contributed by atoms with Crippen LogP contribution in [-0.4, -0.2) is 50.9 Å². The van der Waals surface area contributed by atoms with Crippen LogP contribution >= 0.6 is 12.2 Å². The van der Waals surface area contributed by atoms with Gasteiger partial charge in [0.15, 0.2) is 5.11 Å². The van der Waals surface area contributed by atoms with E-state index in [1.165, 1.54) is 5.56 Å². The van der Waals surface area contributed by atoms with Crippen LogP contribution in [-0.2, 0) is 19.6 Å². The van der Waals surface area contributed by atoms with Crippen molar-refractivity contribution in [3.05, 3.63) is 41.6 Å². The van der Waals surface area contributed by atoms with Gasteiger partial charge >= 0.3 is 0 Å². The summed E-state index contributed by atoms with van der Waals surface area (Å²) in [6.07, 6.45) is 3.82. The third kappa shape index (κ3) is 4.15. The van der Waals surface area contributed by atoms with Gasteiger partial charge in [0.2, 0.25) is 0 Å². The Morgan fingerprint density at radius 1 is 1.33 bits per heavy atom. The van der Waals surface area contributed by atoms with Crippen molar-refractivity contribution < 1.29 is 4.42 Å². The fourth-order valence-corrected chi connectivity index (χ4v) is 3.16. The maximum Gasteiger partial charge on any atom is 0.169 e. The molecule has 1 fully saturated rings. The summed E-state index contributed by atoms with van der Waals surface area (Å²) in [5, 5.41) is 8.67. The highest BCUT2D eigenvalue weighted by Crippen LogP contribution is 2.10. The smallest absolute Gasteiger partial charge is 0.169 e. The van der Waals surface area contributed by atoms with E-state index < -0.39 is 0 Å². The lowest BCUT2D eigenvalue weighted by Gasteiger charge is -2.35. The second-order valence-corrected chi connectivity index (χ2v) is 6.48. The topological polar surface area (TPSA) is 49.5 Å². The first-order valence-corrected chi connectivity index (χ1v) is 8.87. The van der Waals surface area contributed by atoms with Crippen molar-refractivity contribution in [1.29, 1.82) is 0 Å². The average Bonchev–Trinajstić information content (AvgIpc) is 3.23. The van der Waals surface area contributed by atoms with Crippen molar-refractivity contribution in [2.75, 3.05) is 26.2 Å². The van der Waals surface area contributed by atoms with Crippen molar-refractivity contribution in [1.82, 2.24) is 24.9 Å². The number of thiocarbonyl (C=S) groups is 1. The van der Waals surface area contributed by atoms with Gasteiger partial charge in [0.05, 0.1) is 18.5 Å². The second-order valence-electron chi connectivity index (χ2n) is 6.10. The van der Waals surface area contributed by atoms with Crippen molar-refractivity contribution >= 4 is 17.3 Å². The normalized spacial score (nSPS) is 15.7. The van der Waals surface area contributed by atoms with E-state index in [0.717, 1.165) is 62.4 Å². The van der Waals surface area contributed by atoms with Gasteiger partial charge < -0.3 is 14.6 Å². The Morgan fingerprint density at radius 3 is 2.75 bits per heavy atom. The number of furan rings is 1. The van der Waals surface area contributed by atoms with Crippen LogP contribution in [0.1, 0.15) is 23.9 Å². The first-order chi connectivity index (χ1) is 11.7. The van der Waals surface area contributed by atoms with Gasteiger partial charge in [-0.05, 0) is 38.2 Å². The number of nitrogens with one attached hydrogen (secondary N) is 1. The van der Waals surface area contributed by atoms with Gasteiger partial charge in [-0.1, -0.05) is 0 Å². The molecule has 6 nitrogen and oxygen atoms in total. The maximum atomic E-state index is 5.56. The standard InChI is InChI=1S/C17H25N5OS/c1-3-22-12-15(14(2)19-22)11-18-17(24)21-8-6-20(7-9-21)13-16-5-4-10-23-16/h4-5,10,12H,3,6-9,11,13H2,1-2H3,(H,18,24). The average molecular weight is 347 g/mol. The highest BCUT2D eigenvalue weighted by atomic mass is 32.1. The number of aryl methyl sites for hydroxylation is 2. The fourth-order valence-electron chi connectivity index (χ4n) is 2.91. The van der Waals surface area contributed by atoms with Crippen LogP contribution in [0.15, 0.2) is 29.0 Å². The molecule has 1 aliphatic rings. The Kier molecular flexibility index (Phi) is 5.52. The molecule has 2 aromatic rings. The van der Waals surface area contributed by atoms with Crippen LogP contribution in [0.2, 0.25) is 0 Å². The van der Waals surface area contributed by atoms with Crippen LogP contribution in [0.4, 0.5) is 0 Å². The maximum absolute atomic E-state index is 5.56. The third-order valence-electron chi connectivity index (χ3n) is 4.42. The molecular weight excluding hydrogens is 322 g/mol. The van der Waals surface area contributed by atoms with Crippen molar-refractivity contribution in [3.8, 4) is 0 Å². The first-order valence-electron chi connectivity index (χ1n) is 8.46. The van der Waals surface area contributed by atoms with Crippen molar-refractivity contribution in [2.24, 2.45) is 0 Å². The summed E-state index contributed by atoms with van der Waals surface area (Å²) in [5.74, 6) is 1.02. The van der Waals surface area contributed by atoms with E-state index in [0.29, 0.717) is 0 Å². The summed E-state index contributed by atoms with van der Waals surface area (Å²) in [5.41, 5.74) is 2.27. The van der Waals surface area contributed by atoms with E-state index in [1.807, 2.05) is 23.7 Å². The van der Waals surface area contributed by atoms with Crippen LogP contribution < -0.4 is 5.32 Å². The fraction of sp³-hybridized carbons (Fsp3) is 0.529. The van der Waals surface area contributed by atoms with E-state index in [2.05, 4.69) is 33.3 Å². The molecule has 0 bridgehead atoms. The van der Waals surface area contributed by atoms with E-state index in [4.69, 9.17) is 16.6 Å². The minimum atomic E-state index is 0.733. The molecule has 0 radical (unpaired) electrons. The van der Waals surface area contributed by atoms with Crippen molar-refractivity contribution in [2.45, 2.75) is 33.5 Å². The Morgan fingerprint density at radius 2 is 2.12 bits per heavy atom. The Bertz CT molecular complexity index is 659. The molecular formula is C17H25N5OS. The van der Waals surface area contributed by atoms with Gasteiger partial charge in [-0.25, -0.2) is 0 Å². The number of aromatic nitrogens is 2. The zero-order chi connectivity index (χ0) is 16.9. The minimum absolute atomic E-state index is 0.733. The lowest BCUT2D eigenvalue weighted by Crippen LogP contribution is -2.51. The summed E-state index contributed by atoms with van der Waals surface area (Å²) in [4.78, 5) is 4.64. The molecule has 0 atom stereocenters. The zero-order valence-electron chi connectivity index (χ0n) is 14.4. The summed E-state index contributed by atoms with van der Waals surface area (Å²) in [7, 11) is 0. The molecule has 0 aliphatic carbocycles. The van der Waals surface area contributed by atoms with Gasteiger partial charge in [-0.15, -0.1) is 0 Å². The van der Waals surface area contributed by atoms with Crippen LogP contribution in [0, 0.1) is 6.92 Å². The Hall–Kier alpha value is -1.86. The van der Waals surface area contributed by atoms with E-state index >= 15 is 0 Å². The van der Waals surface area contributed by atoms with Gasteiger partial charge in [-0.2, -0.15) is 5.10 Å². The number of hydrogen-bond donors (Lipinski definition) is 1. The number of hydrogen-bond acceptors (Lipinski definition) is 4. The molecule has 1 N–H and O–H groups in total. The molecule has 3 heterocycles. The molecule has 24 heavy (non-hydrogen) atoms. The van der Waals surface area contributed by atoms with Gasteiger partial charge in [-0.3, -0.25) is 9.58 Å².